The lowest BCUT2D eigenvalue weighted by Gasteiger charge is -2.09. The molecule has 1 nitrogen and oxygen atoms in total. The van der Waals surface area contributed by atoms with Crippen LogP contribution in [0.3, 0.4) is 0 Å². The molecule has 4 aromatic carbocycles. The van der Waals surface area contributed by atoms with E-state index in [1.807, 2.05) is 12.1 Å². The quantitative estimate of drug-likeness (QED) is 0.177. The van der Waals surface area contributed by atoms with Gasteiger partial charge in [0, 0.05) is 16.7 Å². The van der Waals surface area contributed by atoms with Crippen LogP contribution in [0.4, 0.5) is 17.6 Å². The molecule has 0 aromatic heterocycles. The van der Waals surface area contributed by atoms with Gasteiger partial charge < -0.3 is 4.74 Å². The lowest BCUT2D eigenvalue weighted by molar-refractivity contribution is 0.314. The van der Waals surface area contributed by atoms with Crippen LogP contribution in [-0.2, 0) is 6.42 Å². The lowest BCUT2D eigenvalue weighted by atomic mass is 9.99. The highest BCUT2D eigenvalue weighted by molar-refractivity contribution is 5.74. The summed E-state index contributed by atoms with van der Waals surface area (Å²) < 4.78 is 63.4. The summed E-state index contributed by atoms with van der Waals surface area (Å²) in [5.74, 6) is -3.97. The normalized spacial score (nSPS) is 11.3. The predicted octanol–water partition coefficient (Wildman–Crippen LogP) is 9.10. The molecular formula is C31H26F4O. The van der Waals surface area contributed by atoms with Crippen molar-refractivity contribution in [2.75, 3.05) is 6.61 Å². The Morgan fingerprint density at radius 3 is 1.81 bits per heavy atom. The van der Waals surface area contributed by atoms with E-state index in [0.717, 1.165) is 18.4 Å². The molecule has 0 atom stereocenters. The van der Waals surface area contributed by atoms with Crippen molar-refractivity contribution in [2.45, 2.75) is 26.7 Å². The van der Waals surface area contributed by atoms with Crippen LogP contribution in [0, 0.1) is 23.3 Å². The van der Waals surface area contributed by atoms with Crippen LogP contribution in [0.25, 0.3) is 34.4 Å². The van der Waals surface area contributed by atoms with Crippen molar-refractivity contribution in [2.24, 2.45) is 0 Å². The fourth-order valence-electron chi connectivity index (χ4n) is 4.04. The van der Waals surface area contributed by atoms with E-state index in [4.69, 9.17) is 4.74 Å². The Hall–Kier alpha value is -3.86. The molecule has 0 bridgehead atoms. The zero-order valence-electron chi connectivity index (χ0n) is 20.1. The molecule has 0 aliphatic rings. The number of ether oxygens (including phenoxy) is 1. The molecular weight excluding hydrogens is 464 g/mol. The second kappa shape index (κ2) is 11.3. The molecule has 0 radical (unpaired) electrons. The lowest BCUT2D eigenvalue weighted by Crippen LogP contribution is -1.98. The highest BCUT2D eigenvalue weighted by atomic mass is 19.2. The fourth-order valence-corrected chi connectivity index (χ4v) is 4.04. The van der Waals surface area contributed by atoms with Crippen molar-refractivity contribution in [3.63, 3.8) is 0 Å². The Bertz CT molecular complexity index is 1370. The van der Waals surface area contributed by atoms with Crippen LogP contribution in [0.2, 0.25) is 0 Å². The molecule has 5 heteroatoms. The molecule has 0 saturated carbocycles. The van der Waals surface area contributed by atoms with E-state index in [1.54, 1.807) is 55.5 Å². The van der Waals surface area contributed by atoms with Crippen molar-refractivity contribution < 1.29 is 22.3 Å². The number of hydrogen-bond donors (Lipinski definition) is 0. The molecule has 0 aliphatic carbocycles. The molecule has 0 N–H and O–H groups in total. The standard InChI is InChI=1S/C31H26F4O/c1-3-5-20-6-11-22(12-7-20)25-17-16-24(28(32)29(25)33)15-10-21-8-13-23(14-9-21)26-18-19-27(36-4-2)31(35)30(26)34/h6-19H,3-5H2,1-2H3. The van der Waals surface area contributed by atoms with E-state index >= 15 is 0 Å². The van der Waals surface area contributed by atoms with Gasteiger partial charge in [-0.05, 0) is 47.7 Å². The topological polar surface area (TPSA) is 9.23 Å². The van der Waals surface area contributed by atoms with Gasteiger partial charge in [0.25, 0.3) is 0 Å². The van der Waals surface area contributed by atoms with E-state index in [0.29, 0.717) is 16.7 Å². The minimum atomic E-state index is -1.03. The molecule has 0 amide bonds. The molecule has 0 aliphatic heterocycles. The summed E-state index contributed by atoms with van der Waals surface area (Å²) in [6.07, 6.45) is 5.08. The van der Waals surface area contributed by atoms with E-state index in [-0.39, 0.29) is 29.0 Å². The minimum Gasteiger partial charge on any atom is -0.491 e. The van der Waals surface area contributed by atoms with E-state index in [1.165, 1.54) is 24.3 Å². The van der Waals surface area contributed by atoms with Gasteiger partial charge in [0.15, 0.2) is 23.2 Å². The van der Waals surface area contributed by atoms with Gasteiger partial charge in [0.1, 0.15) is 0 Å². The smallest absolute Gasteiger partial charge is 0.201 e. The van der Waals surface area contributed by atoms with Gasteiger partial charge in [-0.15, -0.1) is 0 Å². The number of halogens is 4. The van der Waals surface area contributed by atoms with Gasteiger partial charge in [0.2, 0.25) is 5.82 Å². The fraction of sp³-hybridized carbons (Fsp3) is 0.161. The van der Waals surface area contributed by atoms with Crippen molar-refractivity contribution in [1.29, 1.82) is 0 Å². The molecule has 0 fully saturated rings. The average Bonchev–Trinajstić information content (AvgIpc) is 2.89. The summed E-state index contributed by atoms with van der Waals surface area (Å²) >= 11 is 0. The average molecular weight is 491 g/mol. The van der Waals surface area contributed by atoms with Crippen LogP contribution in [0.5, 0.6) is 5.75 Å². The first-order chi connectivity index (χ1) is 17.4. The van der Waals surface area contributed by atoms with Gasteiger partial charge in [-0.3, -0.25) is 0 Å². The number of aryl methyl sites for hydroxylation is 1. The van der Waals surface area contributed by atoms with E-state index in [2.05, 4.69) is 6.92 Å². The maximum Gasteiger partial charge on any atom is 0.201 e. The first-order valence-electron chi connectivity index (χ1n) is 11.9. The minimum absolute atomic E-state index is 0.109. The Morgan fingerprint density at radius 2 is 1.19 bits per heavy atom. The number of benzene rings is 4. The van der Waals surface area contributed by atoms with Gasteiger partial charge >= 0.3 is 0 Å². The van der Waals surface area contributed by atoms with Crippen LogP contribution in [0.1, 0.15) is 37.0 Å². The third-order valence-electron chi connectivity index (χ3n) is 5.94. The molecule has 0 spiro atoms. The van der Waals surface area contributed by atoms with E-state index in [9.17, 15) is 17.6 Å². The molecule has 0 heterocycles. The maximum absolute atomic E-state index is 14.8. The Labute approximate surface area is 208 Å². The molecule has 184 valence electrons. The SMILES string of the molecule is CCCc1ccc(-c2ccc(C=Cc3ccc(-c4ccc(OCC)c(F)c4F)cc3)c(F)c2F)cc1. The molecule has 4 aromatic rings. The third kappa shape index (κ3) is 5.35. The summed E-state index contributed by atoms with van der Waals surface area (Å²) in [4.78, 5) is 0. The van der Waals surface area contributed by atoms with Gasteiger partial charge in [0.05, 0.1) is 6.61 Å². The van der Waals surface area contributed by atoms with Crippen LogP contribution < -0.4 is 4.74 Å². The highest BCUT2D eigenvalue weighted by Gasteiger charge is 2.16. The van der Waals surface area contributed by atoms with Crippen LogP contribution in [-0.4, -0.2) is 6.61 Å². The first-order valence-corrected chi connectivity index (χ1v) is 11.9. The number of hydrogen-bond acceptors (Lipinski definition) is 1. The Morgan fingerprint density at radius 1 is 0.611 bits per heavy atom. The van der Waals surface area contributed by atoms with Crippen LogP contribution in [0.15, 0.2) is 72.8 Å². The Balaban J connectivity index is 1.53. The second-order valence-electron chi connectivity index (χ2n) is 8.40. The van der Waals surface area contributed by atoms with Gasteiger partial charge in [-0.25, -0.2) is 13.2 Å². The summed E-state index contributed by atoms with van der Waals surface area (Å²) in [7, 11) is 0. The third-order valence-corrected chi connectivity index (χ3v) is 5.94. The van der Waals surface area contributed by atoms with Crippen molar-refractivity contribution >= 4 is 12.2 Å². The van der Waals surface area contributed by atoms with E-state index < -0.39 is 23.3 Å². The van der Waals surface area contributed by atoms with Gasteiger partial charge in [-0.1, -0.05) is 86.2 Å². The zero-order chi connectivity index (χ0) is 25.7. The maximum atomic E-state index is 14.8. The zero-order valence-corrected chi connectivity index (χ0v) is 20.1. The summed E-state index contributed by atoms with van der Waals surface area (Å²) in [5, 5.41) is 0. The molecule has 4 rings (SSSR count). The second-order valence-corrected chi connectivity index (χ2v) is 8.40. The van der Waals surface area contributed by atoms with Gasteiger partial charge in [-0.2, -0.15) is 4.39 Å². The monoisotopic (exact) mass is 490 g/mol. The molecule has 36 heavy (non-hydrogen) atoms. The number of rotatable bonds is 8. The first kappa shape index (κ1) is 25.2. The predicted molar refractivity (Wildman–Crippen MR) is 138 cm³/mol. The van der Waals surface area contributed by atoms with Crippen molar-refractivity contribution in [3.05, 3.63) is 113 Å². The van der Waals surface area contributed by atoms with Crippen molar-refractivity contribution in [3.8, 4) is 28.0 Å². The molecule has 0 saturated heterocycles. The largest absolute Gasteiger partial charge is 0.491 e. The molecule has 0 unspecified atom stereocenters. The highest BCUT2D eigenvalue weighted by Crippen LogP contribution is 2.31. The summed E-state index contributed by atoms with van der Waals surface area (Å²) in [5.41, 5.74) is 3.39. The Kier molecular flexibility index (Phi) is 7.89. The summed E-state index contributed by atoms with van der Waals surface area (Å²) in [6, 6.07) is 20.1. The summed E-state index contributed by atoms with van der Waals surface area (Å²) in [6.45, 7) is 4.01. The van der Waals surface area contributed by atoms with Crippen molar-refractivity contribution in [1.82, 2.24) is 0 Å². The van der Waals surface area contributed by atoms with Crippen LogP contribution >= 0.6 is 0 Å².